The normalized spacial score (nSPS) is 21.6. The van der Waals surface area contributed by atoms with Crippen molar-refractivity contribution in [2.75, 3.05) is 24.5 Å². The third-order valence-corrected chi connectivity index (χ3v) is 43.5. The molecule has 4 aliphatic heterocycles. The van der Waals surface area contributed by atoms with Gasteiger partial charge in [0.2, 0.25) is 0 Å². The number of rotatable bonds is 10. The van der Waals surface area contributed by atoms with Crippen LogP contribution in [0, 0.1) is 20.8 Å². The monoisotopic (exact) mass is 2010 g/mol. The molecule has 0 N–H and O–H groups in total. The number of anilines is 15. The van der Waals surface area contributed by atoms with Gasteiger partial charge in [-0.15, -0.1) is 22.7 Å². The highest BCUT2D eigenvalue weighted by Crippen LogP contribution is 2.65. The number of aryl methyl sites for hydroxylation is 3. The van der Waals surface area contributed by atoms with E-state index in [1.165, 1.54) is 265 Å². The van der Waals surface area contributed by atoms with Gasteiger partial charge in [-0.1, -0.05) is 290 Å². The summed E-state index contributed by atoms with van der Waals surface area (Å²) >= 11 is 4.20. The lowest BCUT2D eigenvalue weighted by atomic mass is 9.36. The molecule has 8 aliphatic carbocycles. The van der Waals surface area contributed by atoms with E-state index in [0.717, 1.165) is 68.4 Å². The van der Waals surface area contributed by atoms with Crippen LogP contribution in [0.5, 0.6) is 0 Å². The fraction of sp³-hybridized carbons (Fsp3) is 0.418. The minimum atomic E-state index is -0.113. The van der Waals surface area contributed by atoms with Crippen molar-refractivity contribution in [2.45, 2.75) is 380 Å². The largest absolute Gasteiger partial charge is 0.311 e. The van der Waals surface area contributed by atoms with E-state index in [1.807, 2.05) is 0 Å². The molecule has 2 bridgehead atoms. The maximum Gasteiger partial charge on any atom is 0.264 e. The van der Waals surface area contributed by atoms with E-state index in [0.29, 0.717) is 0 Å². The molecule has 1 saturated carbocycles. The van der Waals surface area contributed by atoms with Gasteiger partial charge in [-0.3, -0.25) is 0 Å². The Morgan fingerprint density at radius 2 is 0.653 bits per heavy atom. The number of hydrogen-bond donors (Lipinski definition) is 0. The van der Waals surface area contributed by atoms with Crippen LogP contribution >= 0.6 is 22.7 Å². The molecule has 13 aromatic carbocycles. The summed E-state index contributed by atoms with van der Waals surface area (Å²) in [6.45, 7) is 74.4. The van der Waals surface area contributed by atoms with E-state index in [9.17, 15) is 0 Å². The summed E-state index contributed by atoms with van der Waals surface area (Å²) in [5.41, 5.74) is 53.3. The third kappa shape index (κ3) is 14.7. The summed E-state index contributed by atoms with van der Waals surface area (Å²) < 4.78 is 5.71. The van der Waals surface area contributed by atoms with Crippen molar-refractivity contribution >= 4 is 173 Å². The second kappa shape index (κ2) is 32.3. The summed E-state index contributed by atoms with van der Waals surface area (Å²) in [6.07, 6.45) is 17.3. The summed E-state index contributed by atoms with van der Waals surface area (Å²) in [5, 5.41) is 2.78. The summed E-state index contributed by atoms with van der Waals surface area (Å²) in [6, 6.07) is 93.9. The quantitative estimate of drug-likeness (QED) is 0.127. The molecular weight excluding hydrogens is 1850 g/mol. The molecule has 27 rings (SSSR count). The second-order valence-electron chi connectivity index (χ2n) is 57.9. The molecule has 5 nitrogen and oxygen atoms in total. The number of fused-ring (bicyclic) bond motifs is 19. The van der Waals surface area contributed by atoms with Crippen molar-refractivity contribution in [2.24, 2.45) is 0 Å². The maximum atomic E-state index is 2.83. The van der Waals surface area contributed by atoms with E-state index < -0.39 is 0 Å². The van der Waals surface area contributed by atoms with Crippen molar-refractivity contribution in [3.05, 3.63) is 325 Å². The Morgan fingerprint density at radius 3 is 1.09 bits per heavy atom. The fourth-order valence-electron chi connectivity index (χ4n) is 30.8. The molecule has 12 aliphatic rings. The summed E-state index contributed by atoms with van der Waals surface area (Å²) in [4.78, 5) is 13.8. The molecule has 0 unspecified atom stereocenters. The Kier molecular flexibility index (Phi) is 21.2. The predicted octanol–water partition coefficient (Wildman–Crippen LogP) is 36.0. The molecule has 150 heavy (non-hydrogen) atoms. The summed E-state index contributed by atoms with van der Waals surface area (Å²) in [5.74, 6) is 0. The minimum Gasteiger partial charge on any atom is -0.311 e. The molecule has 1 fully saturated rings. The molecule has 0 atom stereocenters. The highest BCUT2D eigenvalue weighted by Gasteiger charge is 2.56. The molecule has 0 amide bonds. The lowest BCUT2D eigenvalue weighted by Crippen LogP contribution is -2.60. The molecule has 2 aromatic heterocycles. The predicted molar refractivity (Wildman–Crippen MR) is 651 cm³/mol. The van der Waals surface area contributed by atoms with Gasteiger partial charge in [0.25, 0.3) is 13.4 Å². The lowest BCUT2D eigenvalue weighted by Gasteiger charge is -2.54. The van der Waals surface area contributed by atoms with Crippen molar-refractivity contribution in [3.63, 3.8) is 0 Å². The number of nitrogens with zero attached hydrogens (tertiary/aromatic N) is 5. The van der Waals surface area contributed by atoms with Crippen LogP contribution in [0.3, 0.4) is 0 Å². The molecule has 0 saturated heterocycles. The standard InChI is InChI=1S/C141H157B2N5S2/c1-83-65-116-122-117(66-83)147(114-78-105-100(67-84(114)2)132(14,15)55-58-137(105,24)25)112-49-41-89(128(4,5)6)70-110(112)142(122)127-125(145(116)93-45-47-98-102(72-93)134(18,19)53-51-130(98,10)11)97-77-108-109(81-121(97)150-127)141(63-61-140(108,30)62-64-141)82-86-35-34-36-88(69-86)87-39-43-92(44-40-87)144(91-37-32-31-33-38-91)95-74-118-123-119(75-95)148(115-79-106-101(68-85(115)3)133(16,17)56-59-138(106,26)27)113-50-42-90(129(7,8)9)71-111(113)143(123)126-124(96-76-104-107(80-120(96)149-126)139(28,29)60-57-136(104,22)23)146(118)94-46-48-99-103(73-94)135(20,21)54-52-131(99,12)13/h31-50,65-81H,51-64,82H2,1-30H3. The third-order valence-electron chi connectivity index (χ3n) is 41.0. The molecule has 6 heterocycles. The Bertz CT molecular complexity index is 8290. The first-order valence-corrected chi connectivity index (χ1v) is 58.9. The van der Waals surface area contributed by atoms with Crippen molar-refractivity contribution in [1.29, 1.82) is 0 Å². The van der Waals surface area contributed by atoms with Crippen LogP contribution in [0.2, 0.25) is 0 Å². The highest BCUT2D eigenvalue weighted by molar-refractivity contribution is 7.34. The van der Waals surface area contributed by atoms with Crippen LogP contribution in [0.1, 0.15) is 377 Å². The van der Waals surface area contributed by atoms with Crippen molar-refractivity contribution < 1.29 is 0 Å². The van der Waals surface area contributed by atoms with Gasteiger partial charge in [0, 0.05) is 98.0 Å². The van der Waals surface area contributed by atoms with Crippen LogP contribution in [0.25, 0.3) is 31.3 Å². The minimum absolute atomic E-state index is 0.00117. The first kappa shape index (κ1) is 98.3. The Balaban J connectivity index is 0.632. The van der Waals surface area contributed by atoms with Crippen molar-refractivity contribution in [3.8, 4) is 11.1 Å². The van der Waals surface area contributed by atoms with Crippen LogP contribution in [-0.4, -0.2) is 13.4 Å². The lowest BCUT2D eigenvalue weighted by molar-refractivity contribution is 0.172. The maximum absolute atomic E-state index is 2.83. The number of benzene rings is 13. The molecule has 0 spiro atoms. The van der Waals surface area contributed by atoms with E-state index in [-0.39, 0.29) is 89.2 Å². The molecule has 764 valence electrons. The topological polar surface area (TPSA) is 16.2 Å². The van der Waals surface area contributed by atoms with Crippen LogP contribution in [0.4, 0.5) is 85.3 Å². The number of para-hydroxylation sites is 1. The average Bonchev–Trinajstić information content (AvgIpc) is 1.37. The summed E-state index contributed by atoms with van der Waals surface area (Å²) in [7, 11) is 0. The van der Waals surface area contributed by atoms with Gasteiger partial charge in [0.05, 0.1) is 17.1 Å². The van der Waals surface area contributed by atoms with Gasteiger partial charge in [0.15, 0.2) is 0 Å². The zero-order valence-electron chi connectivity index (χ0n) is 95.7. The second-order valence-corrected chi connectivity index (χ2v) is 60.1. The highest BCUT2D eigenvalue weighted by atomic mass is 32.1. The van der Waals surface area contributed by atoms with Crippen molar-refractivity contribution in [1.82, 2.24) is 0 Å². The number of hydrogen-bond acceptors (Lipinski definition) is 7. The Morgan fingerprint density at radius 1 is 0.280 bits per heavy atom. The first-order valence-electron chi connectivity index (χ1n) is 57.2. The first-order chi connectivity index (χ1) is 70.5. The van der Waals surface area contributed by atoms with Gasteiger partial charge in [-0.05, 0) is 447 Å². The molecule has 9 heteroatoms. The van der Waals surface area contributed by atoms with Gasteiger partial charge in [-0.25, -0.2) is 0 Å². The average molecular weight is 2010 g/mol. The Labute approximate surface area is 906 Å². The molecule has 15 aromatic rings. The zero-order chi connectivity index (χ0) is 105. The van der Waals surface area contributed by atoms with E-state index >= 15 is 0 Å². The van der Waals surface area contributed by atoms with Crippen LogP contribution in [0.15, 0.2) is 224 Å². The van der Waals surface area contributed by atoms with E-state index in [2.05, 4.69) is 479 Å². The van der Waals surface area contributed by atoms with E-state index in [4.69, 9.17) is 0 Å². The van der Waals surface area contributed by atoms with E-state index in [1.54, 1.807) is 11.1 Å². The molecule has 0 radical (unpaired) electrons. The Hall–Kier alpha value is -11.1. The van der Waals surface area contributed by atoms with Crippen LogP contribution in [-0.2, 0) is 82.2 Å². The van der Waals surface area contributed by atoms with Crippen LogP contribution < -0.4 is 55.9 Å². The van der Waals surface area contributed by atoms with Gasteiger partial charge in [-0.2, -0.15) is 0 Å². The SMILES string of the molecule is Cc1cc2c3c(c1)N(c1ccc4c(c1)C(C)(C)CCC4(C)C)c1c(sc4cc5c(cc14)C1(C)CCC5(Cc4cccc(-c5ccc(N(c6ccccc6)c6cc7c8c(c6)N(c6ccc9c(c6)C(C)(C)CCC9(C)C)c6c(sc9cc%10c(cc69)C(C)(C)CCC%10(C)C)B8c6cc(C(C)(C)C)ccc6N7c6cc7c(cc6C)C(C)(C)CCC7(C)C)cc5)c4)CC1)B3c1cc(C(C)(C)C)ccc1N2c1cc2c(cc1C)C(C)(C)CCC2(C)C. The molecular formula is C141H157B2N5S2. The van der Waals surface area contributed by atoms with Gasteiger partial charge in [0.1, 0.15) is 0 Å². The smallest absolute Gasteiger partial charge is 0.264 e. The zero-order valence-corrected chi connectivity index (χ0v) is 97.3. The number of thiophene rings is 2. The fourth-order valence-corrected chi connectivity index (χ4v) is 33.4. The van der Waals surface area contributed by atoms with Gasteiger partial charge >= 0.3 is 0 Å². The van der Waals surface area contributed by atoms with Gasteiger partial charge < -0.3 is 24.5 Å².